The van der Waals surface area contributed by atoms with E-state index in [2.05, 4.69) is 0 Å². The highest BCUT2D eigenvalue weighted by molar-refractivity contribution is 7.99. The zero-order valence-electron chi connectivity index (χ0n) is 6.71. The molecule has 0 saturated carbocycles. The minimum atomic E-state index is -0.166. The van der Waals surface area contributed by atoms with E-state index in [0.29, 0.717) is 0 Å². The maximum atomic E-state index is 8.87. The van der Waals surface area contributed by atoms with E-state index in [0.717, 1.165) is 17.9 Å². The van der Waals surface area contributed by atoms with Gasteiger partial charge in [-0.1, -0.05) is 0 Å². The molecule has 62 valence electrons. The van der Waals surface area contributed by atoms with Gasteiger partial charge < -0.3 is 10.8 Å². The van der Waals surface area contributed by atoms with Gasteiger partial charge in [-0.3, -0.25) is 0 Å². The minimum absolute atomic E-state index is 0.166. The van der Waals surface area contributed by atoms with Crippen LogP contribution in [0.4, 0.5) is 0 Å². The molecule has 0 fully saturated rings. The van der Waals surface area contributed by atoms with Crippen LogP contribution in [-0.4, -0.2) is 28.8 Å². The quantitative estimate of drug-likeness (QED) is 0.590. The molecule has 0 aromatic carbocycles. The lowest BCUT2D eigenvalue weighted by molar-refractivity contribution is 0.192. The van der Waals surface area contributed by atoms with Crippen molar-refractivity contribution in [2.75, 3.05) is 11.5 Å². The van der Waals surface area contributed by atoms with Crippen molar-refractivity contribution >= 4 is 11.8 Å². The Morgan fingerprint density at radius 3 is 2.50 bits per heavy atom. The molecule has 0 bridgehead atoms. The van der Waals surface area contributed by atoms with Gasteiger partial charge in [-0.2, -0.15) is 11.8 Å². The second kappa shape index (κ2) is 6.01. The topological polar surface area (TPSA) is 46.2 Å². The van der Waals surface area contributed by atoms with Crippen LogP contribution in [0.15, 0.2) is 0 Å². The van der Waals surface area contributed by atoms with Crippen molar-refractivity contribution in [2.24, 2.45) is 5.73 Å². The van der Waals surface area contributed by atoms with Crippen molar-refractivity contribution in [1.82, 2.24) is 0 Å². The molecule has 2 unspecified atom stereocenters. The van der Waals surface area contributed by atoms with Gasteiger partial charge in [0.1, 0.15) is 0 Å². The van der Waals surface area contributed by atoms with E-state index in [9.17, 15) is 0 Å². The molecule has 3 heteroatoms. The first-order valence-electron chi connectivity index (χ1n) is 3.64. The maximum Gasteiger partial charge on any atom is 0.0520 e. The normalized spacial score (nSPS) is 16.8. The third kappa shape index (κ3) is 8.27. The Morgan fingerprint density at radius 1 is 1.50 bits per heavy atom. The van der Waals surface area contributed by atoms with Gasteiger partial charge in [0.05, 0.1) is 6.10 Å². The summed E-state index contributed by atoms with van der Waals surface area (Å²) < 4.78 is 0. The van der Waals surface area contributed by atoms with Gasteiger partial charge in [-0.15, -0.1) is 0 Å². The number of aliphatic hydroxyl groups excluding tert-OH is 1. The first kappa shape index (κ1) is 10.3. The van der Waals surface area contributed by atoms with Crippen LogP contribution in [0.2, 0.25) is 0 Å². The summed E-state index contributed by atoms with van der Waals surface area (Å²) in [6, 6.07) is 0.277. The number of rotatable bonds is 5. The molecular formula is C7H17NOS. The first-order valence-corrected chi connectivity index (χ1v) is 4.79. The van der Waals surface area contributed by atoms with Gasteiger partial charge in [-0.05, 0) is 26.0 Å². The monoisotopic (exact) mass is 163 g/mol. The van der Waals surface area contributed by atoms with Crippen molar-refractivity contribution in [1.29, 1.82) is 0 Å². The standard InChI is InChI=1S/C7H17NOS/c1-6(8)5-10-4-3-7(2)9/h6-7,9H,3-5,8H2,1-2H3. The molecule has 2 atom stereocenters. The maximum absolute atomic E-state index is 8.87. The fraction of sp³-hybridized carbons (Fsp3) is 1.00. The molecule has 0 heterocycles. The van der Waals surface area contributed by atoms with E-state index >= 15 is 0 Å². The average molecular weight is 163 g/mol. The van der Waals surface area contributed by atoms with Gasteiger partial charge in [0.2, 0.25) is 0 Å². The summed E-state index contributed by atoms with van der Waals surface area (Å²) in [4.78, 5) is 0. The zero-order valence-corrected chi connectivity index (χ0v) is 7.53. The molecule has 0 aliphatic heterocycles. The van der Waals surface area contributed by atoms with Crippen LogP contribution in [0.1, 0.15) is 20.3 Å². The van der Waals surface area contributed by atoms with Gasteiger partial charge in [0.15, 0.2) is 0 Å². The van der Waals surface area contributed by atoms with Crippen molar-refractivity contribution < 1.29 is 5.11 Å². The predicted molar refractivity (Wildman–Crippen MR) is 47.3 cm³/mol. The third-order valence-corrected chi connectivity index (χ3v) is 2.35. The molecular weight excluding hydrogens is 146 g/mol. The summed E-state index contributed by atoms with van der Waals surface area (Å²) in [5.74, 6) is 2.01. The van der Waals surface area contributed by atoms with Crippen LogP contribution in [0.3, 0.4) is 0 Å². The first-order chi connectivity index (χ1) is 4.63. The summed E-state index contributed by atoms with van der Waals surface area (Å²) in [7, 11) is 0. The number of nitrogens with two attached hydrogens (primary N) is 1. The number of thioether (sulfide) groups is 1. The lowest BCUT2D eigenvalue weighted by Crippen LogP contribution is -2.18. The van der Waals surface area contributed by atoms with Crippen molar-refractivity contribution in [3.05, 3.63) is 0 Å². The predicted octanol–water partition coefficient (Wildman–Crippen LogP) is 0.838. The Hall–Kier alpha value is 0.270. The second-order valence-corrected chi connectivity index (χ2v) is 3.84. The SMILES string of the molecule is CC(N)CSCCC(C)O. The third-order valence-electron chi connectivity index (χ3n) is 1.06. The molecule has 10 heavy (non-hydrogen) atoms. The van der Waals surface area contributed by atoms with E-state index in [1.807, 2.05) is 13.8 Å². The largest absolute Gasteiger partial charge is 0.393 e. The molecule has 3 N–H and O–H groups in total. The summed E-state index contributed by atoms with van der Waals surface area (Å²) in [5.41, 5.74) is 5.53. The molecule has 0 aliphatic rings. The van der Waals surface area contributed by atoms with E-state index in [-0.39, 0.29) is 12.1 Å². The van der Waals surface area contributed by atoms with Crippen LogP contribution < -0.4 is 5.73 Å². The van der Waals surface area contributed by atoms with Gasteiger partial charge in [-0.25, -0.2) is 0 Å². The van der Waals surface area contributed by atoms with E-state index in [1.165, 1.54) is 0 Å². The molecule has 0 amide bonds. The van der Waals surface area contributed by atoms with Gasteiger partial charge >= 0.3 is 0 Å². The van der Waals surface area contributed by atoms with E-state index in [1.54, 1.807) is 11.8 Å². The fourth-order valence-electron chi connectivity index (χ4n) is 0.523. The Kier molecular flexibility index (Phi) is 6.17. The molecule has 0 aromatic heterocycles. The summed E-state index contributed by atoms with van der Waals surface area (Å²) >= 11 is 1.80. The lowest BCUT2D eigenvalue weighted by atomic mass is 10.3. The van der Waals surface area contributed by atoms with Crippen LogP contribution >= 0.6 is 11.8 Å². The lowest BCUT2D eigenvalue weighted by Gasteiger charge is -2.05. The van der Waals surface area contributed by atoms with Gasteiger partial charge in [0.25, 0.3) is 0 Å². The molecule has 0 saturated heterocycles. The average Bonchev–Trinajstić information content (AvgIpc) is 1.79. The zero-order chi connectivity index (χ0) is 7.98. The molecule has 0 aromatic rings. The number of aliphatic hydroxyl groups is 1. The highest BCUT2D eigenvalue weighted by atomic mass is 32.2. The highest BCUT2D eigenvalue weighted by Crippen LogP contribution is 2.05. The number of hydrogen-bond acceptors (Lipinski definition) is 3. The summed E-state index contributed by atoms with van der Waals surface area (Å²) in [6.07, 6.45) is 0.706. The Balaban J connectivity index is 2.91. The Bertz CT molecular complexity index is 66.0. The van der Waals surface area contributed by atoms with Gasteiger partial charge in [0, 0.05) is 11.8 Å². The van der Waals surface area contributed by atoms with Crippen LogP contribution in [0.25, 0.3) is 0 Å². The van der Waals surface area contributed by atoms with Crippen molar-refractivity contribution in [3.8, 4) is 0 Å². The van der Waals surface area contributed by atoms with Crippen molar-refractivity contribution in [3.63, 3.8) is 0 Å². The smallest absolute Gasteiger partial charge is 0.0520 e. The second-order valence-electron chi connectivity index (χ2n) is 2.69. The molecule has 0 rings (SSSR count). The minimum Gasteiger partial charge on any atom is -0.393 e. The highest BCUT2D eigenvalue weighted by Gasteiger charge is 1.97. The Morgan fingerprint density at radius 2 is 2.10 bits per heavy atom. The Labute approximate surface area is 67.2 Å². The van der Waals surface area contributed by atoms with E-state index in [4.69, 9.17) is 10.8 Å². The summed E-state index contributed by atoms with van der Waals surface area (Å²) in [6.45, 7) is 3.81. The molecule has 2 nitrogen and oxygen atoms in total. The molecule has 0 spiro atoms. The fourth-order valence-corrected chi connectivity index (χ4v) is 1.57. The number of hydrogen-bond donors (Lipinski definition) is 2. The van der Waals surface area contributed by atoms with Crippen LogP contribution in [0, 0.1) is 0 Å². The van der Waals surface area contributed by atoms with Crippen LogP contribution in [-0.2, 0) is 0 Å². The van der Waals surface area contributed by atoms with Crippen LogP contribution in [0.5, 0.6) is 0 Å². The van der Waals surface area contributed by atoms with E-state index < -0.39 is 0 Å². The summed E-state index contributed by atoms with van der Waals surface area (Å²) in [5, 5.41) is 8.87. The molecule has 0 aliphatic carbocycles. The van der Waals surface area contributed by atoms with Crippen molar-refractivity contribution in [2.45, 2.75) is 32.4 Å². The molecule has 0 radical (unpaired) electrons.